The van der Waals surface area contributed by atoms with Gasteiger partial charge in [-0.05, 0) is 18.7 Å². The van der Waals surface area contributed by atoms with Gasteiger partial charge in [0.15, 0.2) is 0 Å². The van der Waals surface area contributed by atoms with Crippen molar-refractivity contribution in [3.8, 4) is 0 Å². The number of hydrogen-bond acceptors (Lipinski definition) is 3. The molecule has 5 heteroatoms. The fourth-order valence-electron chi connectivity index (χ4n) is 2.48. The minimum absolute atomic E-state index is 0.00189. The molecule has 2 rings (SSSR count). The zero-order chi connectivity index (χ0) is 14.5. The van der Waals surface area contributed by atoms with E-state index in [-0.39, 0.29) is 17.9 Å². The average Bonchev–Trinajstić information content (AvgIpc) is 2.47. The molecule has 0 saturated carbocycles. The van der Waals surface area contributed by atoms with Crippen LogP contribution in [-0.2, 0) is 9.53 Å². The molecule has 1 N–H and O–H groups in total. The summed E-state index contributed by atoms with van der Waals surface area (Å²) in [5, 5.41) is 3.05. The van der Waals surface area contributed by atoms with Crippen LogP contribution in [0.5, 0.6) is 0 Å². The lowest BCUT2D eigenvalue weighted by Crippen LogP contribution is -2.46. The van der Waals surface area contributed by atoms with Crippen LogP contribution in [0.4, 0.5) is 0 Å². The first-order chi connectivity index (χ1) is 9.63. The van der Waals surface area contributed by atoms with Gasteiger partial charge in [-0.15, -0.1) is 0 Å². The van der Waals surface area contributed by atoms with Gasteiger partial charge in [0.25, 0.3) is 0 Å². The molecule has 1 aliphatic rings. The van der Waals surface area contributed by atoms with E-state index in [9.17, 15) is 4.79 Å². The van der Waals surface area contributed by atoms with Gasteiger partial charge in [-0.3, -0.25) is 4.79 Å². The van der Waals surface area contributed by atoms with Crippen LogP contribution in [0.2, 0.25) is 0 Å². The third-order valence-electron chi connectivity index (χ3n) is 3.56. The van der Waals surface area contributed by atoms with E-state index >= 15 is 0 Å². The van der Waals surface area contributed by atoms with Gasteiger partial charge in [0.05, 0.1) is 13.2 Å². The molecule has 20 heavy (non-hydrogen) atoms. The number of nitrogens with zero attached hydrogens (tertiary/aromatic N) is 1. The Morgan fingerprint density at radius 1 is 1.55 bits per heavy atom. The van der Waals surface area contributed by atoms with Crippen molar-refractivity contribution < 1.29 is 9.53 Å². The molecule has 1 heterocycles. The highest BCUT2D eigenvalue weighted by molar-refractivity contribution is 9.10. The molecular weight excluding hydrogens is 320 g/mol. The van der Waals surface area contributed by atoms with E-state index < -0.39 is 0 Å². The Hall–Kier alpha value is -0.910. The standard InChI is InChI=1S/C15H21BrN2O2/c1-11(9-17-2)15(19)18-7-8-20-14(10-18)12-5-3-4-6-13(12)16/h3-6,11,14,17H,7-10H2,1-2H3. The summed E-state index contributed by atoms with van der Waals surface area (Å²) in [6.07, 6.45) is -0.0509. The molecule has 1 fully saturated rings. The second-order valence-corrected chi connectivity index (χ2v) is 5.98. The van der Waals surface area contributed by atoms with Gasteiger partial charge in [-0.1, -0.05) is 41.1 Å². The SMILES string of the molecule is CNCC(C)C(=O)N1CCOC(c2ccccc2Br)C1. The zero-order valence-electron chi connectivity index (χ0n) is 11.9. The molecule has 1 aliphatic heterocycles. The lowest BCUT2D eigenvalue weighted by atomic mass is 10.1. The van der Waals surface area contributed by atoms with Crippen molar-refractivity contribution in [2.45, 2.75) is 13.0 Å². The van der Waals surface area contributed by atoms with E-state index in [2.05, 4.69) is 21.2 Å². The predicted molar refractivity (Wildman–Crippen MR) is 82.5 cm³/mol. The second kappa shape index (κ2) is 7.20. The van der Waals surface area contributed by atoms with Crippen molar-refractivity contribution in [2.75, 3.05) is 33.3 Å². The minimum Gasteiger partial charge on any atom is -0.370 e. The molecule has 4 nitrogen and oxygen atoms in total. The smallest absolute Gasteiger partial charge is 0.226 e. The number of carbonyl (C=O) groups is 1. The Labute approximate surface area is 128 Å². The lowest BCUT2D eigenvalue weighted by Gasteiger charge is -2.35. The van der Waals surface area contributed by atoms with Crippen LogP contribution < -0.4 is 5.32 Å². The molecule has 0 spiro atoms. The van der Waals surface area contributed by atoms with Crippen molar-refractivity contribution in [1.29, 1.82) is 0 Å². The molecule has 0 bridgehead atoms. The molecule has 1 aromatic carbocycles. The van der Waals surface area contributed by atoms with Crippen molar-refractivity contribution in [3.05, 3.63) is 34.3 Å². The number of amides is 1. The van der Waals surface area contributed by atoms with Crippen LogP contribution in [0.3, 0.4) is 0 Å². The molecule has 0 aromatic heterocycles. The summed E-state index contributed by atoms with van der Waals surface area (Å²) in [6, 6.07) is 8.02. The van der Waals surface area contributed by atoms with Crippen molar-refractivity contribution in [3.63, 3.8) is 0 Å². The molecule has 2 atom stereocenters. The number of rotatable bonds is 4. The van der Waals surface area contributed by atoms with E-state index in [0.29, 0.717) is 26.2 Å². The normalized spacial score (nSPS) is 20.8. The molecule has 2 unspecified atom stereocenters. The number of carbonyl (C=O) groups excluding carboxylic acids is 1. The third kappa shape index (κ3) is 3.59. The van der Waals surface area contributed by atoms with E-state index in [4.69, 9.17) is 4.74 Å². The minimum atomic E-state index is -0.0509. The van der Waals surface area contributed by atoms with Crippen molar-refractivity contribution in [2.24, 2.45) is 5.92 Å². The van der Waals surface area contributed by atoms with Gasteiger partial charge in [-0.25, -0.2) is 0 Å². The second-order valence-electron chi connectivity index (χ2n) is 5.12. The summed E-state index contributed by atoms with van der Waals surface area (Å²) in [6.45, 7) is 4.55. The number of nitrogens with one attached hydrogen (secondary N) is 1. The quantitative estimate of drug-likeness (QED) is 0.913. The van der Waals surface area contributed by atoms with Crippen molar-refractivity contribution >= 4 is 21.8 Å². The summed E-state index contributed by atoms with van der Waals surface area (Å²) < 4.78 is 6.86. The summed E-state index contributed by atoms with van der Waals surface area (Å²) >= 11 is 3.55. The highest BCUT2D eigenvalue weighted by atomic mass is 79.9. The van der Waals surface area contributed by atoms with Crippen LogP contribution in [0.1, 0.15) is 18.6 Å². The zero-order valence-corrected chi connectivity index (χ0v) is 13.5. The number of morpholine rings is 1. The summed E-state index contributed by atoms with van der Waals surface area (Å²) in [5.74, 6) is 0.192. The Bertz CT molecular complexity index is 467. The highest BCUT2D eigenvalue weighted by Gasteiger charge is 2.28. The lowest BCUT2D eigenvalue weighted by molar-refractivity contribution is -0.142. The summed E-state index contributed by atoms with van der Waals surface area (Å²) in [4.78, 5) is 14.3. The van der Waals surface area contributed by atoms with Gasteiger partial charge in [0.2, 0.25) is 5.91 Å². The molecule has 0 radical (unpaired) electrons. The molecular formula is C15H21BrN2O2. The molecule has 1 aromatic rings. The fourth-order valence-corrected chi connectivity index (χ4v) is 3.02. The molecule has 0 aliphatic carbocycles. The first-order valence-electron chi connectivity index (χ1n) is 6.93. The van der Waals surface area contributed by atoms with Gasteiger partial charge >= 0.3 is 0 Å². The number of benzene rings is 1. The van der Waals surface area contributed by atoms with E-state index in [0.717, 1.165) is 10.0 Å². The van der Waals surface area contributed by atoms with E-state index in [1.165, 1.54) is 0 Å². The topological polar surface area (TPSA) is 41.6 Å². The first-order valence-corrected chi connectivity index (χ1v) is 7.72. The third-order valence-corrected chi connectivity index (χ3v) is 4.28. The maximum atomic E-state index is 12.4. The number of ether oxygens (including phenoxy) is 1. The fraction of sp³-hybridized carbons (Fsp3) is 0.533. The molecule has 1 amide bonds. The van der Waals surface area contributed by atoms with Crippen LogP contribution in [0.25, 0.3) is 0 Å². The Kier molecular flexibility index (Phi) is 5.57. The Morgan fingerprint density at radius 3 is 3.00 bits per heavy atom. The predicted octanol–water partition coefficient (Wildman–Crippen LogP) is 2.20. The van der Waals surface area contributed by atoms with E-state index in [1.54, 1.807) is 0 Å². The Morgan fingerprint density at radius 2 is 2.30 bits per heavy atom. The van der Waals surface area contributed by atoms with E-state index in [1.807, 2.05) is 43.1 Å². The largest absolute Gasteiger partial charge is 0.370 e. The van der Waals surface area contributed by atoms with Crippen LogP contribution in [0.15, 0.2) is 28.7 Å². The van der Waals surface area contributed by atoms with Gasteiger partial charge in [-0.2, -0.15) is 0 Å². The first kappa shape index (κ1) is 15.5. The monoisotopic (exact) mass is 340 g/mol. The average molecular weight is 341 g/mol. The maximum absolute atomic E-state index is 12.4. The van der Waals surface area contributed by atoms with Crippen LogP contribution in [0, 0.1) is 5.92 Å². The van der Waals surface area contributed by atoms with Crippen LogP contribution >= 0.6 is 15.9 Å². The molecule has 1 saturated heterocycles. The Balaban J connectivity index is 2.05. The van der Waals surface area contributed by atoms with Crippen LogP contribution in [-0.4, -0.2) is 44.1 Å². The summed E-state index contributed by atoms with van der Waals surface area (Å²) in [5.41, 5.74) is 1.10. The van der Waals surface area contributed by atoms with Gasteiger partial charge in [0.1, 0.15) is 6.10 Å². The summed E-state index contributed by atoms with van der Waals surface area (Å²) in [7, 11) is 1.87. The van der Waals surface area contributed by atoms with Gasteiger partial charge in [0, 0.05) is 23.5 Å². The van der Waals surface area contributed by atoms with Crippen molar-refractivity contribution in [1.82, 2.24) is 10.2 Å². The maximum Gasteiger partial charge on any atom is 0.226 e. The van der Waals surface area contributed by atoms with Gasteiger partial charge < -0.3 is 15.0 Å². The number of halogens is 1. The molecule has 110 valence electrons. The number of hydrogen-bond donors (Lipinski definition) is 1. The highest BCUT2D eigenvalue weighted by Crippen LogP contribution is 2.28.